The van der Waals surface area contributed by atoms with Crippen molar-refractivity contribution in [1.29, 1.82) is 5.26 Å². The summed E-state index contributed by atoms with van der Waals surface area (Å²) in [5.41, 5.74) is 2.30. The number of halogens is 3. The Bertz CT molecular complexity index is 1090. The molecule has 0 aliphatic carbocycles. The van der Waals surface area contributed by atoms with Crippen LogP contribution in [0.2, 0.25) is 5.02 Å². The zero-order valence-electron chi connectivity index (χ0n) is 14.2. The van der Waals surface area contributed by atoms with Crippen molar-refractivity contribution in [2.24, 2.45) is 0 Å². The van der Waals surface area contributed by atoms with Gasteiger partial charge in [0, 0.05) is 22.9 Å². The van der Waals surface area contributed by atoms with Crippen molar-refractivity contribution in [3.8, 4) is 6.07 Å². The van der Waals surface area contributed by atoms with Gasteiger partial charge in [-0.25, -0.2) is 8.78 Å². The number of ketones is 1. The summed E-state index contributed by atoms with van der Waals surface area (Å²) >= 11 is 6.25. The Balaban J connectivity index is 1.91. The van der Waals surface area contributed by atoms with E-state index in [0.29, 0.717) is 16.8 Å². The maximum atomic E-state index is 13.8. The molecule has 0 atom stereocenters. The molecule has 0 aliphatic heterocycles. The normalized spacial score (nSPS) is 10.3. The fourth-order valence-electron chi connectivity index (χ4n) is 2.60. The van der Waals surface area contributed by atoms with Crippen LogP contribution >= 0.6 is 11.6 Å². The van der Waals surface area contributed by atoms with Gasteiger partial charge in [-0.1, -0.05) is 17.7 Å². The van der Waals surface area contributed by atoms with Crippen molar-refractivity contribution in [3.63, 3.8) is 0 Å². The van der Waals surface area contributed by atoms with Gasteiger partial charge in [-0.05, 0) is 55.0 Å². The fraction of sp³-hybridized carbons (Fsp3) is 0.0476. The maximum absolute atomic E-state index is 13.8. The van der Waals surface area contributed by atoms with E-state index in [1.807, 2.05) is 6.07 Å². The minimum atomic E-state index is -0.741. The number of aryl methyl sites for hydroxylation is 1. The van der Waals surface area contributed by atoms with Crippen LogP contribution in [0.1, 0.15) is 27.0 Å². The van der Waals surface area contributed by atoms with Crippen LogP contribution in [0.3, 0.4) is 0 Å². The highest BCUT2D eigenvalue weighted by molar-refractivity contribution is 6.35. The third-order valence-corrected chi connectivity index (χ3v) is 4.35. The first-order chi connectivity index (χ1) is 12.9. The van der Waals surface area contributed by atoms with E-state index in [9.17, 15) is 13.6 Å². The van der Waals surface area contributed by atoms with Crippen molar-refractivity contribution in [2.45, 2.75) is 6.92 Å². The number of hydrogen-bond donors (Lipinski definition) is 1. The Morgan fingerprint density at radius 3 is 2.48 bits per heavy atom. The molecule has 3 aromatic carbocycles. The number of rotatable bonds is 4. The van der Waals surface area contributed by atoms with Crippen molar-refractivity contribution in [1.82, 2.24) is 0 Å². The average molecular weight is 385 g/mol. The first kappa shape index (κ1) is 18.6. The molecule has 1 N–H and O–H groups in total. The van der Waals surface area contributed by atoms with E-state index in [4.69, 9.17) is 16.9 Å². The molecule has 0 saturated heterocycles. The second-order valence-electron chi connectivity index (χ2n) is 5.91. The van der Waals surface area contributed by atoms with E-state index in [0.717, 1.165) is 17.7 Å². The fourth-order valence-corrected chi connectivity index (χ4v) is 2.87. The molecule has 0 spiro atoms. The summed E-state index contributed by atoms with van der Waals surface area (Å²) in [6, 6.07) is 14.6. The van der Waals surface area contributed by atoms with Gasteiger partial charge in [0.1, 0.15) is 11.6 Å². The summed E-state index contributed by atoms with van der Waals surface area (Å²) in [7, 11) is 0. The van der Waals surface area contributed by atoms with E-state index >= 15 is 0 Å². The molecule has 134 valence electrons. The predicted octanol–water partition coefficient (Wildman–Crippen LogP) is 5.77. The molecular formula is C21H13ClF2N2O. The van der Waals surface area contributed by atoms with E-state index in [-0.39, 0.29) is 22.1 Å². The van der Waals surface area contributed by atoms with Crippen LogP contribution in [-0.2, 0) is 0 Å². The highest BCUT2D eigenvalue weighted by atomic mass is 35.5. The Hall–Kier alpha value is -3.23. The van der Waals surface area contributed by atoms with Crippen LogP contribution < -0.4 is 5.32 Å². The van der Waals surface area contributed by atoms with Gasteiger partial charge >= 0.3 is 0 Å². The lowest BCUT2D eigenvalue weighted by atomic mass is 9.98. The Morgan fingerprint density at radius 2 is 1.81 bits per heavy atom. The molecule has 0 radical (unpaired) electrons. The first-order valence-electron chi connectivity index (χ1n) is 7.96. The quantitative estimate of drug-likeness (QED) is 0.581. The van der Waals surface area contributed by atoms with Crippen LogP contribution in [0.25, 0.3) is 0 Å². The van der Waals surface area contributed by atoms with Crippen LogP contribution in [-0.4, -0.2) is 5.78 Å². The Kier molecular flexibility index (Phi) is 5.20. The summed E-state index contributed by atoms with van der Waals surface area (Å²) in [4.78, 5) is 12.8. The topological polar surface area (TPSA) is 52.9 Å². The third-order valence-electron chi connectivity index (χ3n) is 4.04. The minimum Gasteiger partial charge on any atom is -0.353 e. The summed E-state index contributed by atoms with van der Waals surface area (Å²) < 4.78 is 26.8. The van der Waals surface area contributed by atoms with Gasteiger partial charge in [0.15, 0.2) is 5.78 Å². The van der Waals surface area contributed by atoms with Gasteiger partial charge in [0.2, 0.25) is 0 Å². The highest BCUT2D eigenvalue weighted by Crippen LogP contribution is 2.28. The second kappa shape index (κ2) is 7.56. The highest BCUT2D eigenvalue weighted by Gasteiger charge is 2.16. The molecule has 27 heavy (non-hydrogen) atoms. The van der Waals surface area contributed by atoms with Crippen molar-refractivity contribution in [3.05, 3.63) is 93.5 Å². The predicted molar refractivity (Wildman–Crippen MR) is 100 cm³/mol. The molecule has 0 bridgehead atoms. The molecule has 0 fully saturated rings. The largest absolute Gasteiger partial charge is 0.353 e. The molecule has 0 aromatic heterocycles. The zero-order valence-corrected chi connectivity index (χ0v) is 14.9. The van der Waals surface area contributed by atoms with Gasteiger partial charge in [-0.15, -0.1) is 0 Å². The number of nitrogens with zero attached hydrogens (tertiary/aromatic N) is 1. The van der Waals surface area contributed by atoms with E-state index in [2.05, 4.69) is 5.32 Å². The lowest BCUT2D eigenvalue weighted by Gasteiger charge is -2.11. The molecule has 0 saturated carbocycles. The Labute approximate surface area is 159 Å². The zero-order chi connectivity index (χ0) is 19.6. The summed E-state index contributed by atoms with van der Waals surface area (Å²) in [6.45, 7) is 1.77. The number of benzene rings is 3. The number of hydrogen-bond acceptors (Lipinski definition) is 3. The lowest BCUT2D eigenvalue weighted by Crippen LogP contribution is -2.05. The van der Waals surface area contributed by atoms with Crippen molar-refractivity contribution >= 4 is 28.8 Å². The van der Waals surface area contributed by atoms with E-state index < -0.39 is 11.6 Å². The lowest BCUT2D eigenvalue weighted by molar-refractivity contribution is 0.103. The second-order valence-corrected chi connectivity index (χ2v) is 6.32. The number of carbonyl (C=O) groups excluding carboxylic acids is 1. The van der Waals surface area contributed by atoms with Crippen LogP contribution in [0.4, 0.5) is 20.2 Å². The number of nitriles is 1. The first-order valence-corrected chi connectivity index (χ1v) is 8.34. The van der Waals surface area contributed by atoms with Crippen LogP contribution in [0.15, 0.2) is 54.6 Å². The summed E-state index contributed by atoms with van der Waals surface area (Å²) in [6.07, 6.45) is 0. The number of anilines is 2. The number of nitrogens with one attached hydrogen (secondary N) is 1. The van der Waals surface area contributed by atoms with Gasteiger partial charge in [0.05, 0.1) is 22.3 Å². The summed E-state index contributed by atoms with van der Waals surface area (Å²) in [5, 5.41) is 12.0. The standard InChI is InChI=1S/C21H13ClF2N2O/c1-12-2-3-13(11-25)8-17(12)21(27)16-6-5-15(10-18(16)22)26-20-7-4-14(23)9-19(20)24/h2-10,26H,1H3/i11+2. The van der Waals surface area contributed by atoms with Gasteiger partial charge in [-0.3, -0.25) is 4.79 Å². The molecule has 0 unspecified atom stereocenters. The van der Waals surface area contributed by atoms with Crippen LogP contribution in [0, 0.1) is 29.9 Å². The monoisotopic (exact) mass is 384 g/mol. The molecule has 6 heteroatoms. The third kappa shape index (κ3) is 3.97. The molecule has 0 amide bonds. The summed E-state index contributed by atoms with van der Waals surface area (Å²) in [5.74, 6) is -1.73. The number of carbonyl (C=O) groups is 1. The molecule has 0 aliphatic rings. The molecule has 0 heterocycles. The molecule has 3 rings (SSSR count). The smallest absolute Gasteiger partial charge is 0.194 e. The van der Waals surface area contributed by atoms with Crippen LogP contribution in [0.5, 0.6) is 0 Å². The van der Waals surface area contributed by atoms with E-state index in [1.54, 1.807) is 25.1 Å². The maximum Gasteiger partial charge on any atom is 0.194 e. The average Bonchev–Trinajstić information content (AvgIpc) is 2.64. The van der Waals surface area contributed by atoms with E-state index in [1.165, 1.54) is 24.3 Å². The Morgan fingerprint density at radius 1 is 1.04 bits per heavy atom. The van der Waals surface area contributed by atoms with Crippen molar-refractivity contribution in [2.75, 3.05) is 5.32 Å². The van der Waals surface area contributed by atoms with Gasteiger partial charge in [0.25, 0.3) is 0 Å². The van der Waals surface area contributed by atoms with Gasteiger partial charge in [-0.2, -0.15) is 5.26 Å². The molecular weight excluding hydrogens is 372 g/mol. The molecule has 3 aromatic rings. The molecule has 3 nitrogen and oxygen atoms in total. The van der Waals surface area contributed by atoms with Crippen molar-refractivity contribution < 1.29 is 13.6 Å². The minimum absolute atomic E-state index is 0.0871. The SMILES string of the molecule is Cc1ccc([14C]#N)cc1C(=O)c1ccc(Nc2ccc(F)cc2F)cc1Cl. The van der Waals surface area contributed by atoms with Gasteiger partial charge < -0.3 is 5.32 Å².